The Morgan fingerprint density at radius 3 is 2.67 bits per heavy atom. The lowest BCUT2D eigenvalue weighted by Crippen LogP contribution is -2.50. The van der Waals surface area contributed by atoms with E-state index in [1.807, 2.05) is 29.2 Å². The number of piperazine rings is 1. The third-order valence-corrected chi connectivity index (χ3v) is 5.69. The van der Waals surface area contributed by atoms with Crippen LogP contribution in [0.1, 0.15) is 20.3 Å². The minimum Gasteiger partial charge on any atom is -0.340 e. The molecule has 2 aliphatic rings. The van der Waals surface area contributed by atoms with E-state index in [0.717, 1.165) is 43.3 Å². The van der Waals surface area contributed by atoms with Crippen molar-refractivity contribution in [1.82, 2.24) is 9.80 Å². The van der Waals surface area contributed by atoms with Crippen molar-refractivity contribution in [3.05, 3.63) is 24.3 Å². The lowest BCUT2D eigenvalue weighted by Gasteiger charge is -2.36. The lowest BCUT2D eigenvalue weighted by atomic mass is 10.1. The fraction of sp³-hybridized carbons (Fsp3) is 0.556. The van der Waals surface area contributed by atoms with E-state index in [2.05, 4.69) is 24.1 Å². The Morgan fingerprint density at radius 1 is 1.25 bits per heavy atom. The van der Waals surface area contributed by atoms with Gasteiger partial charge in [-0.05, 0) is 18.1 Å². The number of nitrogens with one attached hydrogen (secondary N) is 1. The Bertz CT molecular complexity index is 612. The third kappa shape index (κ3) is 4.11. The molecule has 1 aromatic carbocycles. The van der Waals surface area contributed by atoms with Crippen LogP contribution in [0.5, 0.6) is 0 Å². The van der Waals surface area contributed by atoms with E-state index in [1.54, 1.807) is 0 Å². The SMILES string of the molecule is CC(C)CN1CCN(C(=O)CC2Sc3ccccc3NC2=O)CC1. The molecule has 0 aromatic heterocycles. The minimum atomic E-state index is -0.332. The van der Waals surface area contributed by atoms with Crippen molar-refractivity contribution in [2.75, 3.05) is 38.0 Å². The number of para-hydroxylation sites is 1. The van der Waals surface area contributed by atoms with Gasteiger partial charge in [0.05, 0.1) is 10.9 Å². The number of hydrogen-bond donors (Lipinski definition) is 1. The zero-order valence-electron chi connectivity index (χ0n) is 14.3. The summed E-state index contributed by atoms with van der Waals surface area (Å²) in [6, 6.07) is 7.74. The van der Waals surface area contributed by atoms with Crippen LogP contribution in [-0.4, -0.2) is 59.6 Å². The van der Waals surface area contributed by atoms with Crippen LogP contribution in [0.15, 0.2) is 29.2 Å². The molecule has 1 aromatic rings. The summed E-state index contributed by atoms with van der Waals surface area (Å²) in [6.07, 6.45) is 0.273. The molecule has 1 atom stereocenters. The van der Waals surface area contributed by atoms with Crippen molar-refractivity contribution in [2.24, 2.45) is 5.92 Å². The van der Waals surface area contributed by atoms with Crippen molar-refractivity contribution in [2.45, 2.75) is 30.4 Å². The predicted octanol–water partition coefficient (Wildman–Crippen LogP) is 2.29. The number of benzene rings is 1. The van der Waals surface area contributed by atoms with Gasteiger partial charge in [0.2, 0.25) is 11.8 Å². The largest absolute Gasteiger partial charge is 0.340 e. The second kappa shape index (κ2) is 7.57. The standard InChI is InChI=1S/C18H25N3O2S/c1-13(2)12-20-7-9-21(10-8-20)17(22)11-16-18(23)19-14-5-3-4-6-15(14)24-16/h3-6,13,16H,7-12H2,1-2H3,(H,19,23). The van der Waals surface area contributed by atoms with Gasteiger partial charge in [0.15, 0.2) is 0 Å². The average molecular weight is 347 g/mol. The second-order valence-corrected chi connectivity index (χ2v) is 8.12. The molecular formula is C18H25N3O2S. The molecule has 24 heavy (non-hydrogen) atoms. The van der Waals surface area contributed by atoms with Gasteiger partial charge in [-0.25, -0.2) is 0 Å². The van der Waals surface area contributed by atoms with E-state index >= 15 is 0 Å². The Balaban J connectivity index is 1.53. The maximum Gasteiger partial charge on any atom is 0.238 e. The molecule has 3 rings (SSSR count). The van der Waals surface area contributed by atoms with Crippen molar-refractivity contribution in [1.29, 1.82) is 0 Å². The highest BCUT2D eigenvalue weighted by molar-refractivity contribution is 8.01. The lowest BCUT2D eigenvalue weighted by molar-refractivity contribution is -0.134. The fourth-order valence-corrected chi connectivity index (χ4v) is 4.31. The normalized spacial score (nSPS) is 21.5. The van der Waals surface area contributed by atoms with Crippen molar-refractivity contribution in [3.8, 4) is 0 Å². The van der Waals surface area contributed by atoms with Crippen LogP contribution in [-0.2, 0) is 9.59 Å². The van der Waals surface area contributed by atoms with Gasteiger partial charge in [0.1, 0.15) is 0 Å². The number of thioether (sulfide) groups is 1. The molecule has 0 radical (unpaired) electrons. The van der Waals surface area contributed by atoms with E-state index < -0.39 is 0 Å². The van der Waals surface area contributed by atoms with Crippen LogP contribution in [0.3, 0.4) is 0 Å². The summed E-state index contributed by atoms with van der Waals surface area (Å²) in [4.78, 5) is 30.2. The number of anilines is 1. The number of rotatable bonds is 4. The molecule has 0 spiro atoms. The highest BCUT2D eigenvalue weighted by atomic mass is 32.2. The molecule has 1 fully saturated rings. The van der Waals surface area contributed by atoms with Crippen molar-refractivity contribution >= 4 is 29.3 Å². The van der Waals surface area contributed by atoms with Crippen LogP contribution in [0.25, 0.3) is 0 Å². The van der Waals surface area contributed by atoms with Crippen molar-refractivity contribution in [3.63, 3.8) is 0 Å². The van der Waals surface area contributed by atoms with Gasteiger partial charge in [0, 0.05) is 44.0 Å². The maximum absolute atomic E-state index is 12.6. The first-order valence-corrected chi connectivity index (χ1v) is 9.47. The zero-order chi connectivity index (χ0) is 17.1. The molecule has 2 amide bonds. The van der Waals surface area contributed by atoms with Gasteiger partial charge >= 0.3 is 0 Å². The molecule has 1 unspecified atom stereocenters. The van der Waals surface area contributed by atoms with Gasteiger partial charge in [0.25, 0.3) is 0 Å². The first kappa shape index (κ1) is 17.3. The summed E-state index contributed by atoms with van der Waals surface area (Å²) >= 11 is 1.50. The predicted molar refractivity (Wildman–Crippen MR) is 97.2 cm³/mol. The van der Waals surface area contributed by atoms with Crippen LogP contribution in [0, 0.1) is 5.92 Å². The molecule has 1 saturated heterocycles. The number of carbonyl (C=O) groups is 2. The summed E-state index contributed by atoms with van der Waals surface area (Å²) < 4.78 is 0. The molecule has 1 N–H and O–H groups in total. The Morgan fingerprint density at radius 2 is 1.96 bits per heavy atom. The summed E-state index contributed by atoms with van der Waals surface area (Å²) in [5.74, 6) is 0.673. The van der Waals surface area contributed by atoms with Gasteiger partial charge in [-0.1, -0.05) is 26.0 Å². The van der Waals surface area contributed by atoms with E-state index in [0.29, 0.717) is 5.92 Å². The van der Waals surface area contributed by atoms with Gasteiger partial charge in [-0.15, -0.1) is 11.8 Å². The molecule has 0 aliphatic carbocycles. The molecular weight excluding hydrogens is 322 g/mol. The third-order valence-electron chi connectivity index (χ3n) is 4.41. The molecule has 2 heterocycles. The van der Waals surface area contributed by atoms with Gasteiger partial charge in [-0.3, -0.25) is 14.5 Å². The summed E-state index contributed by atoms with van der Waals surface area (Å²) in [7, 11) is 0. The smallest absolute Gasteiger partial charge is 0.238 e. The number of hydrogen-bond acceptors (Lipinski definition) is 4. The van der Waals surface area contributed by atoms with E-state index in [4.69, 9.17) is 0 Å². The van der Waals surface area contributed by atoms with Crippen molar-refractivity contribution < 1.29 is 9.59 Å². The summed E-state index contributed by atoms with van der Waals surface area (Å²) in [5, 5.41) is 2.58. The number of amides is 2. The highest BCUT2D eigenvalue weighted by Gasteiger charge is 2.31. The molecule has 0 bridgehead atoms. The molecule has 5 nitrogen and oxygen atoms in total. The summed E-state index contributed by atoms with van der Waals surface area (Å²) in [6.45, 7) is 8.90. The van der Waals surface area contributed by atoms with E-state index in [-0.39, 0.29) is 23.5 Å². The fourth-order valence-electron chi connectivity index (χ4n) is 3.21. The number of fused-ring (bicyclic) bond motifs is 1. The highest BCUT2D eigenvalue weighted by Crippen LogP contribution is 2.36. The van der Waals surface area contributed by atoms with Crippen LogP contribution in [0.2, 0.25) is 0 Å². The minimum absolute atomic E-state index is 0.0644. The zero-order valence-corrected chi connectivity index (χ0v) is 15.1. The molecule has 130 valence electrons. The first-order chi connectivity index (χ1) is 11.5. The van der Waals surface area contributed by atoms with Crippen LogP contribution >= 0.6 is 11.8 Å². The number of nitrogens with zero attached hydrogens (tertiary/aromatic N) is 2. The van der Waals surface area contributed by atoms with Gasteiger partial charge in [-0.2, -0.15) is 0 Å². The van der Waals surface area contributed by atoms with E-state index in [9.17, 15) is 9.59 Å². The maximum atomic E-state index is 12.6. The molecule has 6 heteroatoms. The second-order valence-electron chi connectivity index (χ2n) is 6.87. The van der Waals surface area contributed by atoms with Crippen LogP contribution < -0.4 is 5.32 Å². The topological polar surface area (TPSA) is 52.6 Å². The van der Waals surface area contributed by atoms with Gasteiger partial charge < -0.3 is 10.2 Å². The Labute approximate surface area is 147 Å². The average Bonchev–Trinajstić information content (AvgIpc) is 2.55. The Hall–Kier alpha value is -1.53. The molecule has 2 aliphatic heterocycles. The quantitative estimate of drug-likeness (QED) is 0.908. The number of carbonyl (C=O) groups excluding carboxylic acids is 2. The molecule has 0 saturated carbocycles. The Kier molecular flexibility index (Phi) is 5.46. The van der Waals surface area contributed by atoms with Crippen LogP contribution in [0.4, 0.5) is 5.69 Å². The van der Waals surface area contributed by atoms with E-state index in [1.165, 1.54) is 11.8 Å². The first-order valence-electron chi connectivity index (χ1n) is 8.59. The summed E-state index contributed by atoms with van der Waals surface area (Å²) in [5.41, 5.74) is 0.846. The monoisotopic (exact) mass is 347 g/mol.